The second kappa shape index (κ2) is 5.90. The van der Waals surface area contributed by atoms with Gasteiger partial charge in [-0.05, 0) is 27.9 Å². The number of thiazole rings is 1. The minimum absolute atomic E-state index is 0.412. The van der Waals surface area contributed by atoms with Gasteiger partial charge in [-0.2, -0.15) is 0 Å². The molecule has 5 nitrogen and oxygen atoms in total. The number of hydrogen-bond donors (Lipinski definition) is 1. The molecule has 0 saturated heterocycles. The third-order valence-electron chi connectivity index (χ3n) is 3.31. The molecule has 0 saturated carbocycles. The number of likely N-dealkylation sites (N-methyl/N-ethyl adjacent to an activating group) is 2. The van der Waals surface area contributed by atoms with Gasteiger partial charge >= 0.3 is 0 Å². The summed E-state index contributed by atoms with van der Waals surface area (Å²) < 4.78 is 2.10. The Balaban J connectivity index is 2.36. The van der Waals surface area contributed by atoms with E-state index in [1.54, 1.807) is 11.3 Å². The lowest BCUT2D eigenvalue weighted by atomic mass is 10.2. The average Bonchev–Trinajstić information content (AvgIpc) is 2.89. The van der Waals surface area contributed by atoms with Crippen molar-refractivity contribution in [1.29, 1.82) is 0 Å². The largest absolute Gasteiger partial charge is 0.351 e. The number of hydrogen-bond acceptors (Lipinski definition) is 5. The molecule has 0 radical (unpaired) electrons. The molecular formula is C13H23N5S. The molecule has 0 aliphatic carbocycles. The van der Waals surface area contributed by atoms with Crippen molar-refractivity contribution in [1.82, 2.24) is 14.3 Å². The van der Waals surface area contributed by atoms with Crippen molar-refractivity contribution < 1.29 is 0 Å². The Bertz CT molecular complexity index is 530. The van der Waals surface area contributed by atoms with E-state index < -0.39 is 0 Å². The summed E-state index contributed by atoms with van der Waals surface area (Å²) in [4.78, 5) is 10.3. The van der Waals surface area contributed by atoms with Gasteiger partial charge in [0.1, 0.15) is 0 Å². The Morgan fingerprint density at radius 2 is 2.21 bits per heavy atom. The fourth-order valence-electron chi connectivity index (χ4n) is 2.54. The molecule has 1 unspecified atom stereocenters. The zero-order valence-electron chi connectivity index (χ0n) is 12.1. The lowest BCUT2D eigenvalue weighted by Gasteiger charge is -2.31. The van der Waals surface area contributed by atoms with E-state index in [-0.39, 0.29) is 0 Å². The van der Waals surface area contributed by atoms with E-state index in [0.29, 0.717) is 12.6 Å². The van der Waals surface area contributed by atoms with Crippen LogP contribution in [0.2, 0.25) is 0 Å². The van der Waals surface area contributed by atoms with Gasteiger partial charge in [-0.3, -0.25) is 4.40 Å². The molecule has 0 spiro atoms. The maximum atomic E-state index is 5.92. The molecule has 106 valence electrons. The predicted molar refractivity (Wildman–Crippen MR) is 82.0 cm³/mol. The summed E-state index contributed by atoms with van der Waals surface area (Å²) in [5.74, 6) is 1.03. The summed E-state index contributed by atoms with van der Waals surface area (Å²) in [5, 5.41) is 2.05. The number of anilines is 1. The van der Waals surface area contributed by atoms with Gasteiger partial charge in [0.05, 0.1) is 5.69 Å². The van der Waals surface area contributed by atoms with Crippen molar-refractivity contribution in [3.8, 4) is 0 Å². The molecule has 0 aliphatic rings. The van der Waals surface area contributed by atoms with Gasteiger partial charge in [0.2, 0.25) is 0 Å². The van der Waals surface area contributed by atoms with Crippen LogP contribution in [0.25, 0.3) is 4.96 Å². The Morgan fingerprint density at radius 1 is 1.47 bits per heavy atom. The summed E-state index contributed by atoms with van der Waals surface area (Å²) in [6.07, 6.45) is 2.04. The zero-order valence-corrected chi connectivity index (χ0v) is 12.9. The Hall–Kier alpha value is -1.11. The van der Waals surface area contributed by atoms with Crippen molar-refractivity contribution in [2.24, 2.45) is 5.73 Å². The highest BCUT2D eigenvalue weighted by Crippen LogP contribution is 2.25. The van der Waals surface area contributed by atoms with Crippen molar-refractivity contribution in [2.75, 3.05) is 32.1 Å². The number of fused-ring (bicyclic) bond motifs is 1. The summed E-state index contributed by atoms with van der Waals surface area (Å²) in [7, 11) is 4.19. The van der Waals surface area contributed by atoms with E-state index in [2.05, 4.69) is 42.1 Å². The van der Waals surface area contributed by atoms with Gasteiger partial charge in [-0.25, -0.2) is 4.98 Å². The van der Waals surface area contributed by atoms with Gasteiger partial charge in [-0.15, -0.1) is 11.3 Å². The second-order valence-corrected chi connectivity index (χ2v) is 5.91. The molecule has 6 heteroatoms. The molecule has 0 bridgehead atoms. The molecule has 19 heavy (non-hydrogen) atoms. The molecule has 1 atom stereocenters. The fraction of sp³-hybridized carbons (Fsp3) is 0.615. The molecule has 2 heterocycles. The lowest BCUT2D eigenvalue weighted by Crippen LogP contribution is -2.40. The van der Waals surface area contributed by atoms with Crippen LogP contribution < -0.4 is 10.6 Å². The molecule has 2 aromatic rings. The van der Waals surface area contributed by atoms with Gasteiger partial charge in [0, 0.05) is 37.3 Å². The minimum atomic E-state index is 0.412. The molecular weight excluding hydrogens is 258 g/mol. The quantitative estimate of drug-likeness (QED) is 0.874. The van der Waals surface area contributed by atoms with Crippen molar-refractivity contribution >= 4 is 22.1 Å². The number of aromatic nitrogens is 2. The Labute approximate surface area is 118 Å². The van der Waals surface area contributed by atoms with Crippen LogP contribution in [-0.2, 0) is 6.54 Å². The normalized spacial score (nSPS) is 13.4. The third-order valence-corrected chi connectivity index (χ3v) is 4.06. The first kappa shape index (κ1) is 14.3. The molecule has 0 amide bonds. The van der Waals surface area contributed by atoms with E-state index in [9.17, 15) is 0 Å². The molecule has 2 N–H and O–H groups in total. The van der Waals surface area contributed by atoms with E-state index in [0.717, 1.165) is 29.6 Å². The third kappa shape index (κ3) is 2.75. The number of imidazole rings is 1. The standard InChI is InChI=1S/C13H23N5S/c1-5-17(10(2)9-16(3)4)12-11(8-14)18-6-7-19-13(18)15-12/h6-7,10H,5,8-9,14H2,1-4H3. The summed E-state index contributed by atoms with van der Waals surface area (Å²) in [5.41, 5.74) is 7.02. The summed E-state index contributed by atoms with van der Waals surface area (Å²) >= 11 is 1.65. The maximum Gasteiger partial charge on any atom is 0.195 e. The van der Waals surface area contributed by atoms with Crippen LogP contribution in [0.4, 0.5) is 5.82 Å². The maximum absolute atomic E-state index is 5.92. The average molecular weight is 281 g/mol. The van der Waals surface area contributed by atoms with Crippen LogP contribution in [0.5, 0.6) is 0 Å². The van der Waals surface area contributed by atoms with E-state index >= 15 is 0 Å². The first-order valence-corrected chi connectivity index (χ1v) is 7.52. The van der Waals surface area contributed by atoms with E-state index in [1.807, 2.05) is 11.6 Å². The van der Waals surface area contributed by atoms with E-state index in [1.165, 1.54) is 0 Å². The molecule has 0 aliphatic heterocycles. The highest BCUT2D eigenvalue weighted by atomic mass is 32.1. The van der Waals surface area contributed by atoms with Crippen LogP contribution in [0.15, 0.2) is 11.6 Å². The molecule has 2 aromatic heterocycles. The van der Waals surface area contributed by atoms with Crippen LogP contribution >= 0.6 is 11.3 Å². The van der Waals surface area contributed by atoms with Gasteiger partial charge in [-0.1, -0.05) is 0 Å². The second-order valence-electron chi connectivity index (χ2n) is 5.04. The highest BCUT2D eigenvalue weighted by molar-refractivity contribution is 7.15. The van der Waals surface area contributed by atoms with Gasteiger partial charge < -0.3 is 15.5 Å². The molecule has 0 aromatic carbocycles. The van der Waals surface area contributed by atoms with Gasteiger partial charge in [0.25, 0.3) is 0 Å². The monoisotopic (exact) mass is 281 g/mol. The SMILES string of the molecule is CCN(c1nc2sccn2c1CN)C(C)CN(C)C. The van der Waals surface area contributed by atoms with Crippen molar-refractivity contribution in [3.63, 3.8) is 0 Å². The fourth-order valence-corrected chi connectivity index (χ4v) is 3.27. The highest BCUT2D eigenvalue weighted by Gasteiger charge is 2.21. The first-order valence-electron chi connectivity index (χ1n) is 6.64. The Kier molecular flexibility index (Phi) is 4.44. The predicted octanol–water partition coefficient (Wildman–Crippen LogP) is 1.63. The number of nitrogens with zero attached hydrogens (tertiary/aromatic N) is 4. The first-order chi connectivity index (χ1) is 9.08. The van der Waals surface area contributed by atoms with Crippen LogP contribution in [0, 0.1) is 0 Å². The van der Waals surface area contributed by atoms with Gasteiger partial charge in [0.15, 0.2) is 10.8 Å². The smallest absolute Gasteiger partial charge is 0.195 e. The molecule has 0 fully saturated rings. The molecule has 2 rings (SSSR count). The summed E-state index contributed by atoms with van der Waals surface area (Å²) in [6, 6.07) is 0.412. The zero-order chi connectivity index (χ0) is 14.0. The van der Waals surface area contributed by atoms with Crippen LogP contribution in [-0.4, -0.2) is 47.5 Å². The lowest BCUT2D eigenvalue weighted by molar-refractivity contribution is 0.372. The van der Waals surface area contributed by atoms with E-state index in [4.69, 9.17) is 10.7 Å². The van der Waals surface area contributed by atoms with Crippen molar-refractivity contribution in [3.05, 3.63) is 17.3 Å². The Morgan fingerprint density at radius 3 is 2.79 bits per heavy atom. The van der Waals surface area contributed by atoms with Crippen LogP contribution in [0.1, 0.15) is 19.5 Å². The number of nitrogens with two attached hydrogens (primary N) is 1. The summed E-state index contributed by atoms with van der Waals surface area (Å²) in [6.45, 7) is 6.85. The number of rotatable bonds is 6. The van der Waals surface area contributed by atoms with Crippen molar-refractivity contribution in [2.45, 2.75) is 26.4 Å². The minimum Gasteiger partial charge on any atom is -0.351 e. The topological polar surface area (TPSA) is 49.8 Å². The van der Waals surface area contributed by atoms with Crippen LogP contribution in [0.3, 0.4) is 0 Å².